The molecule has 2 aromatic rings. The van der Waals surface area contributed by atoms with Crippen molar-refractivity contribution in [2.24, 2.45) is 5.41 Å². The van der Waals surface area contributed by atoms with Gasteiger partial charge in [-0.1, -0.05) is 6.07 Å². The molecule has 0 radical (unpaired) electrons. The van der Waals surface area contributed by atoms with Crippen LogP contribution in [0.4, 0.5) is 0 Å². The highest BCUT2D eigenvalue weighted by molar-refractivity contribution is 5.08. The molecular weight excluding hydrogens is 328 g/mol. The number of aryl methyl sites for hydroxylation is 1. The highest BCUT2D eigenvalue weighted by Gasteiger charge is 2.46. The van der Waals surface area contributed by atoms with Crippen molar-refractivity contribution in [3.8, 4) is 0 Å². The summed E-state index contributed by atoms with van der Waals surface area (Å²) < 4.78 is 18.1. The Hall–Kier alpha value is -1.69. The van der Waals surface area contributed by atoms with Gasteiger partial charge in [-0.05, 0) is 49.9 Å². The Balaban J connectivity index is 1.40. The molecule has 2 aliphatic heterocycles. The molecule has 0 saturated carbocycles. The molecule has 2 saturated heterocycles. The molecule has 0 bridgehead atoms. The van der Waals surface area contributed by atoms with E-state index < -0.39 is 0 Å². The minimum Gasteiger partial charge on any atom is -0.465 e. The van der Waals surface area contributed by atoms with E-state index in [0.29, 0.717) is 12.7 Å². The second-order valence-electron chi connectivity index (χ2n) is 7.69. The number of furan rings is 1. The molecule has 0 unspecified atom stereocenters. The fourth-order valence-corrected chi connectivity index (χ4v) is 4.37. The van der Waals surface area contributed by atoms with Crippen LogP contribution in [0.3, 0.4) is 0 Å². The molecule has 0 N–H and O–H groups in total. The van der Waals surface area contributed by atoms with Crippen molar-refractivity contribution < 1.29 is 13.9 Å². The zero-order valence-electron chi connectivity index (χ0n) is 15.5. The third kappa shape index (κ3) is 4.00. The number of fused-ring (bicyclic) bond motifs is 1. The summed E-state index contributed by atoms with van der Waals surface area (Å²) in [6.45, 7) is 7.15. The second-order valence-corrected chi connectivity index (χ2v) is 7.69. The molecule has 0 aromatic carbocycles. The van der Waals surface area contributed by atoms with Crippen LogP contribution in [0.15, 0.2) is 41.1 Å². The third-order valence-electron chi connectivity index (χ3n) is 5.62. The number of nitrogens with zero attached hydrogens (tertiary/aromatic N) is 2. The molecule has 0 amide bonds. The molecule has 2 aliphatic rings. The molecule has 0 aliphatic carbocycles. The van der Waals surface area contributed by atoms with Crippen LogP contribution in [-0.4, -0.2) is 42.3 Å². The smallest absolute Gasteiger partial charge is 0.118 e. The van der Waals surface area contributed by atoms with E-state index in [1.165, 1.54) is 6.42 Å². The predicted molar refractivity (Wildman–Crippen MR) is 98.6 cm³/mol. The zero-order valence-corrected chi connectivity index (χ0v) is 15.5. The van der Waals surface area contributed by atoms with Gasteiger partial charge in [-0.2, -0.15) is 0 Å². The maximum atomic E-state index is 6.15. The molecule has 4 heterocycles. The summed E-state index contributed by atoms with van der Waals surface area (Å²) >= 11 is 0. The monoisotopic (exact) mass is 356 g/mol. The first-order chi connectivity index (χ1) is 12.7. The number of rotatable bonds is 6. The molecular formula is C21H28N2O3. The molecule has 26 heavy (non-hydrogen) atoms. The van der Waals surface area contributed by atoms with E-state index >= 15 is 0 Å². The van der Waals surface area contributed by atoms with Crippen LogP contribution in [0.5, 0.6) is 0 Å². The average molecular weight is 356 g/mol. The minimum absolute atomic E-state index is 0.0837. The summed E-state index contributed by atoms with van der Waals surface area (Å²) in [5.41, 5.74) is 1.20. The normalized spacial score (nSPS) is 26.6. The van der Waals surface area contributed by atoms with E-state index in [2.05, 4.69) is 22.0 Å². The van der Waals surface area contributed by atoms with Crippen molar-refractivity contribution in [1.29, 1.82) is 0 Å². The Morgan fingerprint density at radius 1 is 1.35 bits per heavy atom. The summed E-state index contributed by atoms with van der Waals surface area (Å²) in [5, 5.41) is 0. The quantitative estimate of drug-likeness (QED) is 0.792. The molecule has 0 spiro atoms. The lowest BCUT2D eigenvalue weighted by molar-refractivity contribution is -0.156. The SMILES string of the molecule is Cc1ccc(CN2CC[C@@H]3OCCC[C@]3(COCc3cccnc3)C2)o1. The molecule has 4 rings (SSSR count). The Kier molecular flexibility index (Phi) is 5.38. The van der Waals surface area contributed by atoms with Crippen molar-refractivity contribution in [2.75, 3.05) is 26.3 Å². The maximum Gasteiger partial charge on any atom is 0.118 e. The highest BCUT2D eigenvalue weighted by atomic mass is 16.5. The molecule has 5 nitrogen and oxygen atoms in total. The Bertz CT molecular complexity index is 702. The first kappa shape index (κ1) is 17.7. The van der Waals surface area contributed by atoms with Crippen molar-refractivity contribution in [3.05, 3.63) is 53.7 Å². The number of pyridine rings is 1. The van der Waals surface area contributed by atoms with Crippen LogP contribution in [0.1, 0.15) is 36.3 Å². The van der Waals surface area contributed by atoms with Crippen LogP contribution in [0, 0.1) is 12.3 Å². The highest BCUT2D eigenvalue weighted by Crippen LogP contribution is 2.41. The number of hydrogen-bond donors (Lipinski definition) is 0. The lowest BCUT2D eigenvalue weighted by Gasteiger charge is -2.50. The lowest BCUT2D eigenvalue weighted by atomic mass is 9.73. The predicted octanol–water partition coefficient (Wildman–Crippen LogP) is 3.57. The van der Waals surface area contributed by atoms with Crippen molar-refractivity contribution in [3.63, 3.8) is 0 Å². The summed E-state index contributed by atoms with van der Waals surface area (Å²) in [6.07, 6.45) is 7.32. The lowest BCUT2D eigenvalue weighted by Crippen LogP contribution is -2.56. The van der Waals surface area contributed by atoms with Crippen LogP contribution >= 0.6 is 0 Å². The maximum absolute atomic E-state index is 6.15. The van der Waals surface area contributed by atoms with Crippen molar-refractivity contribution in [1.82, 2.24) is 9.88 Å². The largest absolute Gasteiger partial charge is 0.465 e. The number of ether oxygens (including phenoxy) is 2. The molecule has 2 fully saturated rings. The van der Waals surface area contributed by atoms with Crippen LogP contribution in [0.25, 0.3) is 0 Å². The minimum atomic E-state index is 0.0837. The van der Waals surface area contributed by atoms with Gasteiger partial charge in [0.1, 0.15) is 11.5 Å². The molecule has 2 atom stereocenters. The average Bonchev–Trinajstić information content (AvgIpc) is 3.07. The van der Waals surface area contributed by atoms with E-state index in [0.717, 1.165) is 62.8 Å². The van der Waals surface area contributed by atoms with E-state index in [1.54, 1.807) is 6.20 Å². The van der Waals surface area contributed by atoms with Gasteiger partial charge in [-0.15, -0.1) is 0 Å². The molecule has 2 aromatic heterocycles. The summed E-state index contributed by atoms with van der Waals surface area (Å²) in [7, 11) is 0. The fourth-order valence-electron chi connectivity index (χ4n) is 4.37. The standard InChI is InChI=1S/C21H28N2O3/c1-17-5-6-19(26-17)13-23-10-7-20-21(15-23,8-3-11-25-20)16-24-14-18-4-2-9-22-12-18/h2,4-6,9,12,20H,3,7-8,10-11,13-16H2,1H3/t20-,21+/m0/s1. The Labute approximate surface area is 155 Å². The first-order valence-corrected chi connectivity index (χ1v) is 9.59. The van der Waals surface area contributed by atoms with Crippen LogP contribution < -0.4 is 0 Å². The van der Waals surface area contributed by atoms with Gasteiger partial charge in [0.05, 0.1) is 25.9 Å². The van der Waals surface area contributed by atoms with Crippen LogP contribution in [0.2, 0.25) is 0 Å². The first-order valence-electron chi connectivity index (χ1n) is 9.59. The van der Waals surface area contributed by atoms with Crippen molar-refractivity contribution >= 4 is 0 Å². The topological polar surface area (TPSA) is 47.7 Å². The van der Waals surface area contributed by atoms with Gasteiger partial charge in [0.2, 0.25) is 0 Å². The van der Waals surface area contributed by atoms with Crippen LogP contribution in [-0.2, 0) is 22.6 Å². The summed E-state index contributed by atoms with van der Waals surface area (Å²) in [5.74, 6) is 2.02. The zero-order chi connectivity index (χ0) is 17.8. The van der Waals surface area contributed by atoms with Gasteiger partial charge < -0.3 is 13.9 Å². The second kappa shape index (κ2) is 7.91. The van der Waals surface area contributed by atoms with Gasteiger partial charge in [0.15, 0.2) is 0 Å². The van der Waals surface area contributed by atoms with Gasteiger partial charge >= 0.3 is 0 Å². The van der Waals surface area contributed by atoms with E-state index in [9.17, 15) is 0 Å². The number of aromatic nitrogens is 1. The van der Waals surface area contributed by atoms with E-state index in [1.807, 2.05) is 25.3 Å². The van der Waals surface area contributed by atoms with Crippen molar-refractivity contribution in [2.45, 2.75) is 45.4 Å². The van der Waals surface area contributed by atoms with E-state index in [4.69, 9.17) is 13.9 Å². The summed E-state index contributed by atoms with van der Waals surface area (Å²) in [4.78, 5) is 6.66. The number of piperidine rings is 1. The van der Waals surface area contributed by atoms with Gasteiger partial charge in [0.25, 0.3) is 0 Å². The Morgan fingerprint density at radius 3 is 3.12 bits per heavy atom. The van der Waals surface area contributed by atoms with Gasteiger partial charge in [-0.3, -0.25) is 9.88 Å². The van der Waals surface area contributed by atoms with Gasteiger partial charge in [0, 0.05) is 37.5 Å². The number of hydrogen-bond acceptors (Lipinski definition) is 5. The van der Waals surface area contributed by atoms with Gasteiger partial charge in [-0.25, -0.2) is 0 Å². The number of likely N-dealkylation sites (tertiary alicyclic amines) is 1. The third-order valence-corrected chi connectivity index (χ3v) is 5.62. The fraction of sp³-hybridized carbons (Fsp3) is 0.571. The van der Waals surface area contributed by atoms with E-state index in [-0.39, 0.29) is 5.41 Å². The Morgan fingerprint density at radius 2 is 2.31 bits per heavy atom. The molecule has 5 heteroatoms. The summed E-state index contributed by atoms with van der Waals surface area (Å²) in [6, 6.07) is 8.14. The molecule has 140 valence electrons.